The maximum atomic E-state index is 13.4. The van der Waals surface area contributed by atoms with Gasteiger partial charge in [0.05, 0.1) is 5.75 Å². The Bertz CT molecular complexity index is 462. The Morgan fingerprint density at radius 3 is 2.59 bits per heavy atom. The van der Waals surface area contributed by atoms with Crippen molar-refractivity contribution in [3.8, 4) is 0 Å². The van der Waals surface area contributed by atoms with Gasteiger partial charge in [-0.25, -0.2) is 17.5 Å². The standard InChI is InChI=1S/C11H17FN2O2S/c1-9(10-5-3-4-6-11(10)12)14-7-8-17(15,16)13-2/h3-6,9,13-14H,7-8H2,1-2H3. The van der Waals surface area contributed by atoms with E-state index in [1.165, 1.54) is 13.1 Å². The van der Waals surface area contributed by atoms with E-state index >= 15 is 0 Å². The Labute approximate surface area is 101 Å². The zero-order chi connectivity index (χ0) is 12.9. The molecule has 0 aliphatic carbocycles. The quantitative estimate of drug-likeness (QED) is 0.803. The molecule has 0 saturated carbocycles. The molecule has 0 aliphatic rings. The third kappa shape index (κ3) is 4.41. The first-order valence-electron chi connectivity index (χ1n) is 5.35. The van der Waals surface area contributed by atoms with Gasteiger partial charge in [0.1, 0.15) is 5.82 Å². The molecule has 96 valence electrons. The molecule has 0 aromatic heterocycles. The summed E-state index contributed by atoms with van der Waals surface area (Å²) in [5.41, 5.74) is 0.536. The van der Waals surface area contributed by atoms with E-state index in [0.29, 0.717) is 5.56 Å². The SMILES string of the molecule is CNS(=O)(=O)CCNC(C)c1ccccc1F. The highest BCUT2D eigenvalue weighted by atomic mass is 32.2. The summed E-state index contributed by atoms with van der Waals surface area (Å²) in [6.07, 6.45) is 0. The Kier molecular flexibility index (Phi) is 5.04. The van der Waals surface area contributed by atoms with Gasteiger partial charge in [0.25, 0.3) is 0 Å². The molecule has 0 heterocycles. The van der Waals surface area contributed by atoms with E-state index in [2.05, 4.69) is 10.0 Å². The molecule has 0 radical (unpaired) electrons. The minimum atomic E-state index is -3.21. The summed E-state index contributed by atoms with van der Waals surface area (Å²) in [6, 6.07) is 6.22. The first kappa shape index (κ1) is 14.1. The molecule has 1 unspecified atom stereocenters. The first-order chi connectivity index (χ1) is 7.96. The van der Waals surface area contributed by atoms with Gasteiger partial charge in [-0.15, -0.1) is 0 Å². The summed E-state index contributed by atoms with van der Waals surface area (Å²) in [4.78, 5) is 0. The molecule has 1 rings (SSSR count). The van der Waals surface area contributed by atoms with E-state index in [1.54, 1.807) is 25.1 Å². The second kappa shape index (κ2) is 6.09. The van der Waals surface area contributed by atoms with Crippen LogP contribution in [0.2, 0.25) is 0 Å². The van der Waals surface area contributed by atoms with Gasteiger partial charge in [-0.05, 0) is 20.0 Å². The van der Waals surface area contributed by atoms with Crippen molar-refractivity contribution in [2.45, 2.75) is 13.0 Å². The van der Waals surface area contributed by atoms with E-state index in [0.717, 1.165) is 0 Å². The number of hydrogen-bond donors (Lipinski definition) is 2. The zero-order valence-corrected chi connectivity index (χ0v) is 10.7. The molecule has 1 aromatic rings. The molecule has 2 N–H and O–H groups in total. The van der Waals surface area contributed by atoms with E-state index < -0.39 is 10.0 Å². The van der Waals surface area contributed by atoms with Crippen molar-refractivity contribution in [1.29, 1.82) is 0 Å². The number of halogens is 1. The van der Waals surface area contributed by atoms with Crippen molar-refractivity contribution in [3.63, 3.8) is 0 Å². The van der Waals surface area contributed by atoms with E-state index in [1.807, 2.05) is 0 Å². The fourth-order valence-corrected chi connectivity index (χ4v) is 2.04. The molecule has 0 bridgehead atoms. The van der Waals surface area contributed by atoms with Crippen LogP contribution in [-0.2, 0) is 10.0 Å². The molecule has 17 heavy (non-hydrogen) atoms. The lowest BCUT2D eigenvalue weighted by atomic mass is 10.1. The van der Waals surface area contributed by atoms with Crippen LogP contribution < -0.4 is 10.0 Å². The normalized spacial score (nSPS) is 13.6. The minimum Gasteiger partial charge on any atom is -0.309 e. The monoisotopic (exact) mass is 260 g/mol. The maximum absolute atomic E-state index is 13.4. The zero-order valence-electron chi connectivity index (χ0n) is 9.90. The van der Waals surface area contributed by atoms with Crippen LogP contribution in [0.5, 0.6) is 0 Å². The van der Waals surface area contributed by atoms with Gasteiger partial charge >= 0.3 is 0 Å². The highest BCUT2D eigenvalue weighted by molar-refractivity contribution is 7.89. The van der Waals surface area contributed by atoms with Crippen LogP contribution in [0.15, 0.2) is 24.3 Å². The molecule has 6 heteroatoms. The fraction of sp³-hybridized carbons (Fsp3) is 0.455. The number of benzene rings is 1. The smallest absolute Gasteiger partial charge is 0.212 e. The van der Waals surface area contributed by atoms with E-state index in [4.69, 9.17) is 0 Å². The topological polar surface area (TPSA) is 58.2 Å². The summed E-state index contributed by atoms with van der Waals surface area (Å²) in [7, 11) is -1.84. The van der Waals surface area contributed by atoms with Gasteiger partial charge in [-0.2, -0.15) is 0 Å². The second-order valence-electron chi connectivity index (χ2n) is 3.72. The highest BCUT2D eigenvalue weighted by Crippen LogP contribution is 2.15. The Morgan fingerprint density at radius 2 is 2.00 bits per heavy atom. The van der Waals surface area contributed by atoms with Crippen LogP contribution in [0, 0.1) is 5.82 Å². The van der Waals surface area contributed by atoms with Crippen LogP contribution in [0.1, 0.15) is 18.5 Å². The molecule has 0 amide bonds. The first-order valence-corrected chi connectivity index (χ1v) is 7.00. The molecule has 1 atom stereocenters. The third-order valence-corrected chi connectivity index (χ3v) is 3.87. The van der Waals surface area contributed by atoms with Gasteiger partial charge in [-0.3, -0.25) is 0 Å². The lowest BCUT2D eigenvalue weighted by Gasteiger charge is -2.14. The summed E-state index contributed by atoms with van der Waals surface area (Å²) in [5.74, 6) is -0.313. The predicted molar refractivity (Wildman–Crippen MR) is 65.7 cm³/mol. The minimum absolute atomic E-state index is 0.0255. The molecule has 1 aromatic carbocycles. The van der Waals surface area contributed by atoms with Crippen LogP contribution in [0.25, 0.3) is 0 Å². The molecule has 0 aliphatic heterocycles. The number of sulfonamides is 1. The largest absolute Gasteiger partial charge is 0.309 e. The number of rotatable bonds is 6. The molecule has 0 fully saturated rings. The predicted octanol–water partition coefficient (Wildman–Crippen LogP) is 1.03. The average molecular weight is 260 g/mol. The number of hydrogen-bond acceptors (Lipinski definition) is 3. The molecular formula is C11H17FN2O2S. The molecule has 0 spiro atoms. The van der Waals surface area contributed by atoms with E-state index in [-0.39, 0.29) is 24.2 Å². The van der Waals surface area contributed by atoms with E-state index in [9.17, 15) is 12.8 Å². The third-order valence-electron chi connectivity index (χ3n) is 2.50. The summed E-state index contributed by atoms with van der Waals surface area (Å²) in [6.45, 7) is 2.07. The highest BCUT2D eigenvalue weighted by Gasteiger charge is 2.11. The Hall–Kier alpha value is -0.980. The lowest BCUT2D eigenvalue weighted by Crippen LogP contribution is -2.31. The maximum Gasteiger partial charge on any atom is 0.212 e. The fourth-order valence-electron chi connectivity index (χ4n) is 1.45. The average Bonchev–Trinajstić information content (AvgIpc) is 2.29. The van der Waals surface area contributed by atoms with Gasteiger partial charge in [0, 0.05) is 18.2 Å². The van der Waals surface area contributed by atoms with Crippen molar-refractivity contribution >= 4 is 10.0 Å². The Morgan fingerprint density at radius 1 is 1.35 bits per heavy atom. The van der Waals surface area contributed by atoms with Gasteiger partial charge in [-0.1, -0.05) is 18.2 Å². The van der Waals surface area contributed by atoms with Crippen molar-refractivity contribution in [2.24, 2.45) is 0 Å². The molecule has 4 nitrogen and oxygen atoms in total. The van der Waals surface area contributed by atoms with Crippen molar-refractivity contribution in [2.75, 3.05) is 19.3 Å². The van der Waals surface area contributed by atoms with Crippen LogP contribution >= 0.6 is 0 Å². The molecular weight excluding hydrogens is 243 g/mol. The van der Waals surface area contributed by atoms with Crippen molar-refractivity contribution < 1.29 is 12.8 Å². The molecule has 0 saturated heterocycles. The lowest BCUT2D eigenvalue weighted by molar-refractivity contribution is 0.535. The van der Waals surface area contributed by atoms with Gasteiger partial charge in [0.15, 0.2) is 0 Å². The van der Waals surface area contributed by atoms with Crippen molar-refractivity contribution in [1.82, 2.24) is 10.0 Å². The van der Waals surface area contributed by atoms with Gasteiger partial charge < -0.3 is 5.32 Å². The second-order valence-corrected chi connectivity index (χ2v) is 5.77. The van der Waals surface area contributed by atoms with Gasteiger partial charge in [0.2, 0.25) is 10.0 Å². The summed E-state index contributed by atoms with van der Waals surface area (Å²) in [5, 5.41) is 2.97. The summed E-state index contributed by atoms with van der Waals surface area (Å²) >= 11 is 0. The van der Waals surface area contributed by atoms with Crippen LogP contribution in [-0.4, -0.2) is 27.8 Å². The Balaban J connectivity index is 2.51. The summed E-state index contributed by atoms with van der Waals surface area (Å²) < 4.78 is 37.9. The number of nitrogens with one attached hydrogen (secondary N) is 2. The van der Waals surface area contributed by atoms with Crippen molar-refractivity contribution in [3.05, 3.63) is 35.6 Å². The van der Waals surface area contributed by atoms with Crippen LogP contribution in [0.4, 0.5) is 4.39 Å². The van der Waals surface area contributed by atoms with Crippen LogP contribution in [0.3, 0.4) is 0 Å².